The van der Waals surface area contributed by atoms with Gasteiger partial charge in [-0.2, -0.15) is 5.10 Å². The van der Waals surface area contributed by atoms with E-state index in [4.69, 9.17) is 23.6 Å². The van der Waals surface area contributed by atoms with Gasteiger partial charge in [0.05, 0.1) is 23.3 Å². The fraction of sp³-hybridized carbons (Fsp3) is 0.682. The molecule has 1 aromatic carbocycles. The van der Waals surface area contributed by atoms with E-state index in [9.17, 15) is 0 Å². The minimum absolute atomic E-state index is 0.0316. The van der Waals surface area contributed by atoms with Crippen LogP contribution < -0.4 is 10.0 Å². The maximum atomic E-state index is 6.57. The van der Waals surface area contributed by atoms with Crippen LogP contribution in [0, 0.1) is 0 Å². The average molecular weight is 430 g/mol. The van der Waals surface area contributed by atoms with Gasteiger partial charge in [0.2, 0.25) is 8.32 Å². The van der Waals surface area contributed by atoms with Gasteiger partial charge in [0.1, 0.15) is 11.3 Å². The molecule has 8 heteroatoms. The topological polar surface area (TPSA) is 54.7 Å². The van der Waals surface area contributed by atoms with Crippen LogP contribution in [0.2, 0.25) is 18.1 Å². The molecule has 0 saturated carbocycles. The van der Waals surface area contributed by atoms with Crippen molar-refractivity contribution in [2.75, 3.05) is 6.61 Å². The molecule has 1 aromatic heterocycles. The van der Waals surface area contributed by atoms with Gasteiger partial charge in [-0.05, 0) is 64.0 Å². The van der Waals surface area contributed by atoms with Gasteiger partial charge < -0.3 is 18.5 Å². The Morgan fingerprint density at radius 2 is 1.73 bits per heavy atom. The molecule has 2 aliphatic heterocycles. The van der Waals surface area contributed by atoms with Gasteiger partial charge in [-0.15, -0.1) is 0 Å². The van der Waals surface area contributed by atoms with Crippen molar-refractivity contribution in [1.82, 2.24) is 9.78 Å². The van der Waals surface area contributed by atoms with E-state index in [1.165, 1.54) is 0 Å². The number of nitrogens with zero attached hydrogens (tertiary/aromatic N) is 2. The second-order valence-electron chi connectivity index (χ2n) is 11.1. The first-order chi connectivity index (χ1) is 13.7. The van der Waals surface area contributed by atoms with Crippen molar-refractivity contribution < 1.29 is 18.5 Å². The van der Waals surface area contributed by atoms with E-state index in [1.807, 2.05) is 10.7 Å². The summed E-state index contributed by atoms with van der Waals surface area (Å²) in [5.41, 5.74) is 0.971. The number of hydrogen-bond acceptors (Lipinski definition) is 5. The largest absolute Gasteiger partial charge is 0.543 e. The molecule has 1 atom stereocenters. The molecule has 2 fully saturated rings. The molecule has 4 rings (SSSR count). The Kier molecular flexibility index (Phi) is 4.97. The second kappa shape index (κ2) is 6.82. The summed E-state index contributed by atoms with van der Waals surface area (Å²) in [5.74, 6) is 0.876. The number of aromatic nitrogens is 2. The number of benzene rings is 1. The zero-order chi connectivity index (χ0) is 22.1. The molecule has 2 aromatic rings. The van der Waals surface area contributed by atoms with E-state index < -0.39 is 26.6 Å². The first-order valence-corrected chi connectivity index (χ1v) is 13.8. The quantitative estimate of drug-likeness (QED) is 0.662. The molecule has 0 bridgehead atoms. The van der Waals surface area contributed by atoms with Gasteiger partial charge in [-0.1, -0.05) is 20.8 Å². The highest BCUT2D eigenvalue weighted by Crippen LogP contribution is 2.40. The lowest BCUT2D eigenvalue weighted by molar-refractivity contribution is -0.103. The van der Waals surface area contributed by atoms with E-state index in [2.05, 4.69) is 73.7 Å². The predicted molar refractivity (Wildman–Crippen MR) is 123 cm³/mol. The Hall–Kier alpha value is -1.35. The zero-order valence-electron chi connectivity index (χ0n) is 19.8. The molecule has 2 saturated heterocycles. The Bertz CT molecular complexity index is 944. The summed E-state index contributed by atoms with van der Waals surface area (Å²) in [6.07, 6.45) is 0.928. The number of ether oxygens (including phenoxy) is 1. The highest BCUT2D eigenvalue weighted by molar-refractivity contribution is 6.74. The molecule has 0 spiro atoms. The molecule has 30 heavy (non-hydrogen) atoms. The van der Waals surface area contributed by atoms with Crippen LogP contribution in [0.15, 0.2) is 18.2 Å². The van der Waals surface area contributed by atoms with Crippen LogP contribution >= 0.6 is 0 Å². The minimum Gasteiger partial charge on any atom is -0.543 e. The lowest BCUT2D eigenvalue weighted by Crippen LogP contribution is -2.43. The predicted octanol–water partition coefficient (Wildman–Crippen LogP) is 4.64. The summed E-state index contributed by atoms with van der Waals surface area (Å²) < 4.78 is 26.9. The molecule has 3 heterocycles. The highest BCUT2D eigenvalue weighted by Gasteiger charge is 2.53. The fourth-order valence-corrected chi connectivity index (χ4v) is 4.44. The first-order valence-electron chi connectivity index (χ1n) is 10.9. The maximum absolute atomic E-state index is 6.57. The van der Waals surface area contributed by atoms with Gasteiger partial charge in [-0.3, -0.25) is 0 Å². The Morgan fingerprint density at radius 3 is 2.23 bits per heavy atom. The molecule has 2 aliphatic rings. The Balaban J connectivity index is 1.77. The van der Waals surface area contributed by atoms with Crippen LogP contribution in [0.25, 0.3) is 10.9 Å². The van der Waals surface area contributed by atoms with Gasteiger partial charge >= 0.3 is 7.12 Å². The molecule has 0 amide bonds. The van der Waals surface area contributed by atoms with Crippen molar-refractivity contribution in [2.45, 2.75) is 90.4 Å². The van der Waals surface area contributed by atoms with E-state index in [0.29, 0.717) is 0 Å². The molecule has 0 radical (unpaired) electrons. The second-order valence-corrected chi connectivity index (χ2v) is 15.8. The summed E-state index contributed by atoms with van der Waals surface area (Å²) in [7, 11) is -2.48. The molecular formula is C22H35BN2O4Si. The molecule has 0 aliphatic carbocycles. The monoisotopic (exact) mass is 430 g/mol. The molecule has 0 N–H and O–H groups in total. The Morgan fingerprint density at radius 1 is 1.13 bits per heavy atom. The Labute approximate surface area is 181 Å². The van der Waals surface area contributed by atoms with Crippen LogP contribution in [0.3, 0.4) is 0 Å². The third kappa shape index (κ3) is 3.51. The van der Waals surface area contributed by atoms with Crippen molar-refractivity contribution in [3.8, 4) is 5.75 Å². The van der Waals surface area contributed by atoms with Gasteiger partial charge in [0.15, 0.2) is 6.23 Å². The van der Waals surface area contributed by atoms with Gasteiger partial charge in [-0.25, -0.2) is 4.68 Å². The zero-order valence-corrected chi connectivity index (χ0v) is 20.8. The summed E-state index contributed by atoms with van der Waals surface area (Å²) in [4.78, 5) is 0. The molecular weight excluding hydrogens is 395 g/mol. The number of hydrogen-bond donors (Lipinski definition) is 0. The van der Waals surface area contributed by atoms with Crippen molar-refractivity contribution >= 4 is 31.9 Å². The normalized spacial score (nSPS) is 23.6. The van der Waals surface area contributed by atoms with E-state index in [0.717, 1.165) is 35.3 Å². The van der Waals surface area contributed by atoms with Gasteiger partial charge in [0.25, 0.3) is 0 Å². The third-order valence-corrected chi connectivity index (χ3v) is 11.7. The van der Waals surface area contributed by atoms with Crippen LogP contribution in [0.5, 0.6) is 5.75 Å². The van der Waals surface area contributed by atoms with Crippen molar-refractivity contribution in [3.63, 3.8) is 0 Å². The highest BCUT2D eigenvalue weighted by atomic mass is 28.4. The SMILES string of the molecule is CC1(C)OB(c2nn(C3CCO3)c3ccc(O[Si](C)(C)C(C)(C)C)cc23)OC1(C)C. The summed E-state index contributed by atoms with van der Waals surface area (Å²) in [6, 6.07) is 6.23. The summed E-state index contributed by atoms with van der Waals surface area (Å²) in [5, 5.41) is 6.03. The van der Waals surface area contributed by atoms with Crippen molar-refractivity contribution in [3.05, 3.63) is 18.2 Å². The van der Waals surface area contributed by atoms with Crippen molar-refractivity contribution in [1.29, 1.82) is 0 Å². The molecule has 6 nitrogen and oxygen atoms in total. The minimum atomic E-state index is -1.95. The first kappa shape index (κ1) is 21.9. The maximum Gasteiger partial charge on any atom is 0.517 e. The summed E-state index contributed by atoms with van der Waals surface area (Å²) >= 11 is 0. The van der Waals surface area contributed by atoms with Crippen LogP contribution in [-0.4, -0.2) is 43.0 Å². The van der Waals surface area contributed by atoms with E-state index >= 15 is 0 Å². The van der Waals surface area contributed by atoms with Crippen LogP contribution in [0.1, 0.15) is 61.1 Å². The lowest BCUT2D eigenvalue weighted by atomic mass is 9.82. The fourth-order valence-electron chi connectivity index (χ4n) is 3.42. The van der Waals surface area contributed by atoms with Crippen LogP contribution in [-0.2, 0) is 14.0 Å². The van der Waals surface area contributed by atoms with E-state index in [1.54, 1.807) is 0 Å². The van der Waals surface area contributed by atoms with E-state index in [-0.39, 0.29) is 11.3 Å². The lowest BCUT2D eigenvalue weighted by Gasteiger charge is -2.36. The average Bonchev–Trinajstić information content (AvgIpc) is 2.99. The molecule has 164 valence electrons. The molecule has 1 unspecified atom stereocenters. The van der Waals surface area contributed by atoms with Crippen LogP contribution in [0.4, 0.5) is 0 Å². The number of fused-ring (bicyclic) bond motifs is 1. The smallest absolute Gasteiger partial charge is 0.517 e. The summed E-state index contributed by atoms with van der Waals surface area (Å²) in [6.45, 7) is 20.3. The van der Waals surface area contributed by atoms with Crippen molar-refractivity contribution in [2.24, 2.45) is 0 Å². The standard InChI is InChI=1S/C22H35BN2O4Si/c1-20(2,3)30(8,9)27-15-10-11-17-16(14-15)19(24-25(17)18-12-13-26-18)23-28-21(4,5)22(6,7)29-23/h10-11,14,18H,12-13H2,1-9H3. The van der Waals surface area contributed by atoms with Gasteiger partial charge in [0, 0.05) is 11.8 Å². The third-order valence-electron chi connectivity index (χ3n) is 7.31. The number of rotatable bonds is 4.